The molecule has 0 aliphatic heterocycles. The SMILES string of the molecule is NC(=S)NNC(=O)c1cccc(Br)c1. The van der Waals surface area contributed by atoms with Gasteiger partial charge in [-0.3, -0.25) is 15.6 Å². The van der Waals surface area contributed by atoms with E-state index >= 15 is 0 Å². The number of nitrogens with two attached hydrogens (primary N) is 1. The molecular formula is C8H8BrN3OS. The van der Waals surface area contributed by atoms with Gasteiger partial charge in [0.25, 0.3) is 5.91 Å². The Bertz CT molecular complexity index is 369. The van der Waals surface area contributed by atoms with E-state index in [1.807, 2.05) is 6.07 Å². The first-order valence-corrected chi connectivity index (χ1v) is 4.91. The molecule has 0 radical (unpaired) electrons. The zero-order valence-corrected chi connectivity index (χ0v) is 9.48. The predicted octanol–water partition coefficient (Wildman–Crippen LogP) is 0.927. The third kappa shape index (κ3) is 3.31. The highest BCUT2D eigenvalue weighted by molar-refractivity contribution is 9.10. The molecule has 74 valence electrons. The third-order valence-electron chi connectivity index (χ3n) is 1.39. The van der Waals surface area contributed by atoms with Crippen LogP contribution in [-0.4, -0.2) is 11.0 Å². The van der Waals surface area contributed by atoms with Crippen LogP contribution in [0, 0.1) is 0 Å². The molecule has 0 unspecified atom stereocenters. The molecule has 0 heterocycles. The Hall–Kier alpha value is -1.14. The zero-order valence-electron chi connectivity index (χ0n) is 7.08. The van der Waals surface area contributed by atoms with Crippen LogP contribution in [0.15, 0.2) is 28.7 Å². The standard InChI is InChI=1S/C8H8BrN3OS/c9-6-3-1-2-5(4-6)7(13)11-12-8(10)14/h1-4H,(H,11,13)(H3,10,12,14). The molecule has 4 N–H and O–H groups in total. The summed E-state index contributed by atoms with van der Waals surface area (Å²) in [6.45, 7) is 0. The summed E-state index contributed by atoms with van der Waals surface area (Å²) in [5.74, 6) is -0.292. The van der Waals surface area contributed by atoms with Crippen molar-refractivity contribution in [3.63, 3.8) is 0 Å². The summed E-state index contributed by atoms with van der Waals surface area (Å²) in [4.78, 5) is 11.4. The first-order chi connectivity index (χ1) is 6.59. The molecule has 0 saturated carbocycles. The average Bonchev–Trinajstić information content (AvgIpc) is 2.14. The summed E-state index contributed by atoms with van der Waals surface area (Å²) < 4.78 is 0.834. The van der Waals surface area contributed by atoms with Gasteiger partial charge in [-0.05, 0) is 30.4 Å². The van der Waals surface area contributed by atoms with Crippen molar-refractivity contribution in [2.24, 2.45) is 5.73 Å². The summed E-state index contributed by atoms with van der Waals surface area (Å²) in [7, 11) is 0. The van der Waals surface area contributed by atoms with Crippen LogP contribution in [0.25, 0.3) is 0 Å². The van der Waals surface area contributed by atoms with Crippen LogP contribution < -0.4 is 16.6 Å². The highest BCUT2D eigenvalue weighted by Gasteiger charge is 2.04. The number of carbonyl (C=O) groups excluding carboxylic acids is 1. The van der Waals surface area contributed by atoms with Crippen molar-refractivity contribution in [2.75, 3.05) is 0 Å². The van der Waals surface area contributed by atoms with Crippen molar-refractivity contribution in [1.29, 1.82) is 0 Å². The van der Waals surface area contributed by atoms with Gasteiger partial charge in [-0.1, -0.05) is 22.0 Å². The van der Waals surface area contributed by atoms with Gasteiger partial charge >= 0.3 is 0 Å². The molecule has 0 bridgehead atoms. The normalized spacial score (nSPS) is 9.21. The Labute approximate surface area is 95.0 Å². The number of benzene rings is 1. The highest BCUT2D eigenvalue weighted by atomic mass is 79.9. The smallest absolute Gasteiger partial charge is 0.269 e. The summed E-state index contributed by atoms with van der Waals surface area (Å²) in [5.41, 5.74) is 10.4. The monoisotopic (exact) mass is 273 g/mol. The van der Waals surface area contributed by atoms with Gasteiger partial charge in [-0.25, -0.2) is 0 Å². The van der Waals surface area contributed by atoms with Crippen LogP contribution >= 0.6 is 28.1 Å². The van der Waals surface area contributed by atoms with E-state index in [0.29, 0.717) is 5.56 Å². The molecule has 1 aromatic rings. The number of halogens is 1. The fraction of sp³-hybridized carbons (Fsp3) is 0. The third-order valence-corrected chi connectivity index (χ3v) is 1.98. The lowest BCUT2D eigenvalue weighted by molar-refractivity contribution is 0.0944. The molecule has 14 heavy (non-hydrogen) atoms. The molecular weight excluding hydrogens is 266 g/mol. The van der Waals surface area contributed by atoms with Crippen LogP contribution in [0.5, 0.6) is 0 Å². The maximum atomic E-state index is 11.4. The lowest BCUT2D eigenvalue weighted by atomic mass is 10.2. The van der Waals surface area contributed by atoms with Gasteiger partial charge in [0.15, 0.2) is 5.11 Å². The van der Waals surface area contributed by atoms with Crippen molar-refractivity contribution in [3.05, 3.63) is 34.3 Å². The molecule has 1 rings (SSSR count). The van der Waals surface area contributed by atoms with E-state index in [4.69, 9.17) is 5.73 Å². The second kappa shape index (κ2) is 4.92. The quantitative estimate of drug-likeness (QED) is 0.526. The van der Waals surface area contributed by atoms with Crippen LogP contribution in [0.1, 0.15) is 10.4 Å². The molecule has 0 saturated heterocycles. The van der Waals surface area contributed by atoms with E-state index in [0.717, 1.165) is 4.47 Å². The molecule has 0 aliphatic rings. The van der Waals surface area contributed by atoms with Crippen LogP contribution in [-0.2, 0) is 0 Å². The Morgan fingerprint density at radius 1 is 1.43 bits per heavy atom. The van der Waals surface area contributed by atoms with Gasteiger partial charge in [0.2, 0.25) is 0 Å². The minimum atomic E-state index is -0.292. The largest absolute Gasteiger partial charge is 0.375 e. The molecule has 0 atom stereocenters. The number of rotatable bonds is 1. The van der Waals surface area contributed by atoms with Gasteiger partial charge in [-0.2, -0.15) is 0 Å². The number of hydrogen-bond acceptors (Lipinski definition) is 2. The molecule has 0 aromatic heterocycles. The minimum Gasteiger partial charge on any atom is -0.375 e. The summed E-state index contributed by atoms with van der Waals surface area (Å²) in [5, 5.41) is 0.0216. The number of hydrogen-bond donors (Lipinski definition) is 3. The zero-order chi connectivity index (χ0) is 10.6. The number of thiocarbonyl (C=S) groups is 1. The van der Waals surface area contributed by atoms with Gasteiger partial charge in [0.1, 0.15) is 0 Å². The highest BCUT2D eigenvalue weighted by Crippen LogP contribution is 2.10. The van der Waals surface area contributed by atoms with Crippen molar-refractivity contribution in [2.45, 2.75) is 0 Å². The molecule has 0 fully saturated rings. The topological polar surface area (TPSA) is 67.2 Å². The lowest BCUT2D eigenvalue weighted by Crippen LogP contribution is -2.44. The van der Waals surface area contributed by atoms with Crippen molar-refractivity contribution >= 4 is 39.2 Å². The first kappa shape index (κ1) is 10.9. The summed E-state index contributed by atoms with van der Waals surface area (Å²) in [6.07, 6.45) is 0. The fourth-order valence-corrected chi connectivity index (χ4v) is 1.27. The molecule has 1 amide bonds. The van der Waals surface area contributed by atoms with Crippen molar-refractivity contribution in [1.82, 2.24) is 10.9 Å². The van der Waals surface area contributed by atoms with E-state index in [2.05, 4.69) is 39.0 Å². The molecule has 4 nitrogen and oxygen atoms in total. The Balaban J connectivity index is 2.65. The number of amides is 1. The van der Waals surface area contributed by atoms with Gasteiger partial charge in [0, 0.05) is 10.0 Å². The van der Waals surface area contributed by atoms with Crippen LogP contribution in [0.2, 0.25) is 0 Å². The molecule has 0 spiro atoms. The Morgan fingerprint density at radius 3 is 2.71 bits per heavy atom. The number of hydrazine groups is 1. The summed E-state index contributed by atoms with van der Waals surface area (Å²) in [6, 6.07) is 6.97. The minimum absolute atomic E-state index is 0.0216. The lowest BCUT2D eigenvalue weighted by Gasteiger charge is -2.05. The van der Waals surface area contributed by atoms with Gasteiger partial charge in [0.05, 0.1) is 0 Å². The second-order valence-corrected chi connectivity index (χ2v) is 3.81. The average molecular weight is 274 g/mol. The summed E-state index contributed by atoms with van der Waals surface area (Å²) >= 11 is 7.79. The van der Waals surface area contributed by atoms with Crippen LogP contribution in [0.4, 0.5) is 0 Å². The van der Waals surface area contributed by atoms with E-state index < -0.39 is 0 Å². The van der Waals surface area contributed by atoms with E-state index in [-0.39, 0.29) is 11.0 Å². The van der Waals surface area contributed by atoms with Gasteiger partial charge in [-0.15, -0.1) is 0 Å². The maximum Gasteiger partial charge on any atom is 0.269 e. The van der Waals surface area contributed by atoms with E-state index in [9.17, 15) is 4.79 Å². The van der Waals surface area contributed by atoms with Crippen LogP contribution in [0.3, 0.4) is 0 Å². The van der Waals surface area contributed by atoms with Gasteiger partial charge < -0.3 is 5.73 Å². The maximum absolute atomic E-state index is 11.4. The molecule has 6 heteroatoms. The van der Waals surface area contributed by atoms with Crippen molar-refractivity contribution in [3.8, 4) is 0 Å². The predicted molar refractivity (Wildman–Crippen MR) is 61.5 cm³/mol. The Kier molecular flexibility index (Phi) is 3.84. The molecule has 0 aliphatic carbocycles. The molecule has 1 aromatic carbocycles. The van der Waals surface area contributed by atoms with E-state index in [1.165, 1.54) is 0 Å². The number of nitrogens with one attached hydrogen (secondary N) is 2. The fourth-order valence-electron chi connectivity index (χ4n) is 0.820. The number of carbonyl (C=O) groups is 1. The van der Waals surface area contributed by atoms with E-state index in [1.54, 1.807) is 18.2 Å². The first-order valence-electron chi connectivity index (χ1n) is 3.71. The Morgan fingerprint density at radius 2 is 2.14 bits per heavy atom. The second-order valence-electron chi connectivity index (χ2n) is 2.45. The van der Waals surface area contributed by atoms with Crippen molar-refractivity contribution < 1.29 is 4.79 Å².